The number of hydrogen-bond donors (Lipinski definition) is 1. The summed E-state index contributed by atoms with van der Waals surface area (Å²) in [6.07, 6.45) is 1.21. The third-order valence-electron chi connectivity index (χ3n) is 4.05. The zero-order chi connectivity index (χ0) is 16.3. The van der Waals surface area contributed by atoms with Crippen LogP contribution in [0.15, 0.2) is 42.5 Å². The number of aryl methyl sites for hydroxylation is 1. The SMILES string of the molecule is Cc1cccc(N2CCC(O)(C#Cc3cccc(Cl)c3)CC2)n1. The molecule has 0 saturated carbocycles. The molecule has 0 amide bonds. The second-order valence-corrected chi connectivity index (χ2v) is 6.35. The molecule has 3 nitrogen and oxygen atoms in total. The fraction of sp³-hybridized carbons (Fsp3) is 0.316. The lowest BCUT2D eigenvalue weighted by atomic mass is 9.91. The first-order chi connectivity index (χ1) is 11.0. The normalized spacial score (nSPS) is 16.6. The molecule has 118 valence electrons. The maximum absolute atomic E-state index is 10.7. The van der Waals surface area contributed by atoms with Gasteiger partial charge in [0.1, 0.15) is 11.4 Å². The van der Waals surface area contributed by atoms with Crippen molar-refractivity contribution in [1.82, 2.24) is 4.98 Å². The van der Waals surface area contributed by atoms with Gasteiger partial charge < -0.3 is 10.0 Å². The molecular formula is C19H19ClN2O. The minimum absolute atomic E-state index is 0.607. The van der Waals surface area contributed by atoms with Gasteiger partial charge in [0, 0.05) is 42.2 Å². The number of piperidine rings is 1. The standard InChI is InChI=1S/C19H19ClN2O/c1-15-4-2-7-18(21-15)22-12-10-19(23,11-13-22)9-8-16-5-3-6-17(20)14-16/h2-7,14,23H,10-13H2,1H3. The fourth-order valence-electron chi connectivity index (χ4n) is 2.69. The molecule has 2 heterocycles. The van der Waals surface area contributed by atoms with Crippen LogP contribution in [0.4, 0.5) is 5.82 Å². The lowest BCUT2D eigenvalue weighted by Crippen LogP contribution is -2.44. The van der Waals surface area contributed by atoms with Crippen LogP contribution in [0.5, 0.6) is 0 Å². The Hall–Kier alpha value is -2.02. The molecule has 1 aromatic heterocycles. The van der Waals surface area contributed by atoms with Crippen LogP contribution in [0, 0.1) is 18.8 Å². The number of benzene rings is 1. The summed E-state index contributed by atoms with van der Waals surface area (Å²) in [5.41, 5.74) is 0.889. The zero-order valence-corrected chi connectivity index (χ0v) is 13.8. The molecule has 0 aliphatic carbocycles. The summed E-state index contributed by atoms with van der Waals surface area (Å²) < 4.78 is 0. The molecule has 0 spiro atoms. The molecule has 0 radical (unpaired) electrons. The number of anilines is 1. The van der Waals surface area contributed by atoms with Gasteiger partial charge in [0.25, 0.3) is 0 Å². The van der Waals surface area contributed by atoms with Crippen LogP contribution in [0.1, 0.15) is 24.1 Å². The summed E-state index contributed by atoms with van der Waals surface area (Å²) in [6, 6.07) is 13.4. The van der Waals surface area contributed by atoms with Gasteiger partial charge in [0.2, 0.25) is 0 Å². The Bertz CT molecular complexity index is 755. The summed E-state index contributed by atoms with van der Waals surface area (Å²) >= 11 is 5.96. The lowest BCUT2D eigenvalue weighted by molar-refractivity contribution is 0.0745. The van der Waals surface area contributed by atoms with Crippen molar-refractivity contribution in [2.45, 2.75) is 25.4 Å². The number of nitrogens with zero attached hydrogens (tertiary/aromatic N) is 2. The molecule has 23 heavy (non-hydrogen) atoms. The van der Waals surface area contributed by atoms with E-state index in [-0.39, 0.29) is 0 Å². The molecule has 2 aromatic rings. The molecule has 1 aliphatic heterocycles. The molecule has 1 saturated heterocycles. The smallest absolute Gasteiger partial charge is 0.129 e. The van der Waals surface area contributed by atoms with Gasteiger partial charge in [0.15, 0.2) is 0 Å². The van der Waals surface area contributed by atoms with Crippen LogP contribution >= 0.6 is 11.6 Å². The van der Waals surface area contributed by atoms with E-state index in [0.29, 0.717) is 17.9 Å². The Kier molecular flexibility index (Phi) is 4.56. The summed E-state index contributed by atoms with van der Waals surface area (Å²) in [4.78, 5) is 6.74. The molecule has 1 fully saturated rings. The summed E-state index contributed by atoms with van der Waals surface area (Å²) in [5.74, 6) is 7.03. The number of pyridine rings is 1. The maximum atomic E-state index is 10.7. The van der Waals surface area contributed by atoms with Gasteiger partial charge >= 0.3 is 0 Å². The highest BCUT2D eigenvalue weighted by Crippen LogP contribution is 2.25. The first-order valence-corrected chi connectivity index (χ1v) is 8.12. The predicted octanol–water partition coefficient (Wildman–Crippen LogP) is 3.43. The van der Waals surface area contributed by atoms with Crippen LogP contribution < -0.4 is 4.90 Å². The topological polar surface area (TPSA) is 36.4 Å². The van der Waals surface area contributed by atoms with Gasteiger partial charge in [-0.05, 0) is 37.3 Å². The molecule has 4 heteroatoms. The zero-order valence-electron chi connectivity index (χ0n) is 13.1. The van der Waals surface area contributed by atoms with Crippen molar-refractivity contribution in [3.63, 3.8) is 0 Å². The quantitative estimate of drug-likeness (QED) is 0.816. The molecular weight excluding hydrogens is 308 g/mol. The van der Waals surface area contributed by atoms with Crippen LogP contribution in [0.25, 0.3) is 0 Å². The average molecular weight is 327 g/mol. The summed E-state index contributed by atoms with van der Waals surface area (Å²) in [7, 11) is 0. The van der Waals surface area contributed by atoms with Crippen molar-refractivity contribution in [3.05, 3.63) is 58.7 Å². The van der Waals surface area contributed by atoms with Gasteiger partial charge in [-0.1, -0.05) is 35.6 Å². The van der Waals surface area contributed by atoms with E-state index in [1.54, 1.807) is 0 Å². The number of hydrogen-bond acceptors (Lipinski definition) is 3. The van der Waals surface area contributed by atoms with Crippen LogP contribution in [0.2, 0.25) is 5.02 Å². The third kappa shape index (κ3) is 4.04. The van der Waals surface area contributed by atoms with E-state index in [2.05, 4.69) is 21.7 Å². The van der Waals surface area contributed by atoms with E-state index < -0.39 is 5.60 Å². The second-order valence-electron chi connectivity index (χ2n) is 5.92. The molecule has 0 bridgehead atoms. The Morgan fingerprint density at radius 1 is 1.17 bits per heavy atom. The summed E-state index contributed by atoms with van der Waals surface area (Å²) in [5, 5.41) is 11.3. The minimum atomic E-state index is -0.942. The second kappa shape index (κ2) is 6.62. The largest absolute Gasteiger partial charge is 0.377 e. The number of rotatable bonds is 1. The van der Waals surface area contributed by atoms with Gasteiger partial charge in [-0.2, -0.15) is 0 Å². The molecule has 1 aromatic carbocycles. The first-order valence-electron chi connectivity index (χ1n) is 7.74. The predicted molar refractivity (Wildman–Crippen MR) is 93.7 cm³/mol. The van der Waals surface area contributed by atoms with Crippen molar-refractivity contribution in [2.24, 2.45) is 0 Å². The third-order valence-corrected chi connectivity index (χ3v) is 4.29. The maximum Gasteiger partial charge on any atom is 0.129 e. The Labute approximate surface area is 141 Å². The van der Waals surface area contributed by atoms with E-state index >= 15 is 0 Å². The highest BCUT2D eigenvalue weighted by Gasteiger charge is 2.30. The van der Waals surface area contributed by atoms with Crippen molar-refractivity contribution in [1.29, 1.82) is 0 Å². The van der Waals surface area contributed by atoms with E-state index in [1.807, 2.05) is 49.4 Å². The van der Waals surface area contributed by atoms with Crippen LogP contribution in [-0.2, 0) is 0 Å². The van der Waals surface area contributed by atoms with E-state index in [4.69, 9.17) is 11.6 Å². The fourth-order valence-corrected chi connectivity index (χ4v) is 2.88. The molecule has 1 aliphatic rings. The number of halogens is 1. The minimum Gasteiger partial charge on any atom is -0.377 e. The average Bonchev–Trinajstić information content (AvgIpc) is 2.54. The Morgan fingerprint density at radius 2 is 1.91 bits per heavy atom. The van der Waals surface area contributed by atoms with E-state index in [9.17, 15) is 5.11 Å². The lowest BCUT2D eigenvalue weighted by Gasteiger charge is -2.35. The number of aliphatic hydroxyl groups is 1. The Morgan fingerprint density at radius 3 is 2.61 bits per heavy atom. The van der Waals surface area contributed by atoms with E-state index in [0.717, 1.165) is 30.2 Å². The van der Waals surface area contributed by atoms with Gasteiger partial charge in [-0.25, -0.2) is 4.98 Å². The van der Waals surface area contributed by atoms with Crippen molar-refractivity contribution in [2.75, 3.05) is 18.0 Å². The number of aromatic nitrogens is 1. The highest BCUT2D eigenvalue weighted by atomic mass is 35.5. The monoisotopic (exact) mass is 326 g/mol. The van der Waals surface area contributed by atoms with Crippen molar-refractivity contribution < 1.29 is 5.11 Å². The van der Waals surface area contributed by atoms with E-state index in [1.165, 1.54) is 0 Å². The van der Waals surface area contributed by atoms with Crippen LogP contribution in [-0.4, -0.2) is 28.8 Å². The Balaban J connectivity index is 1.68. The van der Waals surface area contributed by atoms with Crippen molar-refractivity contribution >= 4 is 17.4 Å². The van der Waals surface area contributed by atoms with Crippen molar-refractivity contribution in [3.8, 4) is 11.8 Å². The van der Waals surface area contributed by atoms with Crippen LogP contribution in [0.3, 0.4) is 0 Å². The molecule has 3 rings (SSSR count). The molecule has 0 atom stereocenters. The molecule has 1 N–H and O–H groups in total. The van der Waals surface area contributed by atoms with Gasteiger partial charge in [-0.15, -0.1) is 0 Å². The van der Waals surface area contributed by atoms with Gasteiger partial charge in [-0.3, -0.25) is 0 Å². The van der Waals surface area contributed by atoms with Gasteiger partial charge in [0.05, 0.1) is 0 Å². The highest BCUT2D eigenvalue weighted by molar-refractivity contribution is 6.30. The molecule has 0 unspecified atom stereocenters. The first kappa shape index (κ1) is 15.9. The summed E-state index contributed by atoms with van der Waals surface area (Å²) in [6.45, 7) is 3.48.